The minimum Gasteiger partial charge on any atom is -0.336 e. The van der Waals surface area contributed by atoms with E-state index in [0.717, 1.165) is 12.5 Å². The van der Waals surface area contributed by atoms with Crippen LogP contribution in [-0.2, 0) is 11.3 Å². The average molecular weight is 352 g/mol. The van der Waals surface area contributed by atoms with Gasteiger partial charge in [-0.1, -0.05) is 6.07 Å². The van der Waals surface area contributed by atoms with Crippen LogP contribution < -0.4 is 10.9 Å². The van der Waals surface area contributed by atoms with Crippen LogP contribution in [-0.4, -0.2) is 55.0 Å². The first kappa shape index (κ1) is 18.2. The molecule has 1 aliphatic heterocycles. The van der Waals surface area contributed by atoms with Gasteiger partial charge < -0.3 is 9.80 Å². The molecule has 1 aliphatic carbocycles. The predicted octanol–water partition coefficient (Wildman–Crippen LogP) is 1.50. The first-order valence-electron chi connectivity index (χ1n) is 8.82. The lowest BCUT2D eigenvalue weighted by Gasteiger charge is -2.27. The molecule has 2 unspecified atom stereocenters. The first-order valence-corrected chi connectivity index (χ1v) is 8.82. The zero-order valence-corrected chi connectivity index (χ0v) is 14.8. The molecule has 1 heterocycles. The van der Waals surface area contributed by atoms with Gasteiger partial charge in [-0.2, -0.15) is 0 Å². The molecule has 2 N–H and O–H groups in total. The van der Waals surface area contributed by atoms with Crippen LogP contribution in [0.25, 0.3) is 0 Å². The molecule has 1 aromatic rings. The summed E-state index contributed by atoms with van der Waals surface area (Å²) in [5.41, 5.74) is 6.94. The summed E-state index contributed by atoms with van der Waals surface area (Å²) in [6, 6.07) is 3.89. The number of halogens is 2. The van der Waals surface area contributed by atoms with Crippen molar-refractivity contribution in [2.45, 2.75) is 37.9 Å². The van der Waals surface area contributed by atoms with E-state index in [1.807, 2.05) is 19.0 Å². The maximum atomic E-state index is 13.5. The molecule has 1 saturated carbocycles. The molecule has 0 aromatic heterocycles. The summed E-state index contributed by atoms with van der Waals surface area (Å²) in [5, 5.41) is 0. The Labute approximate surface area is 147 Å². The number of hydrazine groups is 1. The number of hydrogen-bond acceptors (Lipinski definition) is 4. The number of nitrogens with one attached hydrogen (secondary N) is 2. The van der Waals surface area contributed by atoms with E-state index in [4.69, 9.17) is 0 Å². The predicted molar refractivity (Wildman–Crippen MR) is 91.5 cm³/mol. The molecule has 2 atom stereocenters. The second-order valence-electron chi connectivity index (χ2n) is 7.33. The molecule has 0 bridgehead atoms. The van der Waals surface area contributed by atoms with Crippen LogP contribution in [0.4, 0.5) is 8.78 Å². The highest BCUT2D eigenvalue weighted by atomic mass is 19.2. The fraction of sp³-hybridized carbons (Fsp3) is 0.611. The number of carbonyl (C=O) groups excluding carboxylic acids is 1. The fourth-order valence-electron chi connectivity index (χ4n) is 3.22. The number of carbonyl (C=O) groups is 1. The van der Waals surface area contributed by atoms with Crippen LogP contribution in [0.3, 0.4) is 0 Å². The average Bonchev–Trinajstić information content (AvgIpc) is 3.31. The topological polar surface area (TPSA) is 47.6 Å². The van der Waals surface area contributed by atoms with E-state index < -0.39 is 11.6 Å². The van der Waals surface area contributed by atoms with E-state index in [2.05, 4.69) is 10.9 Å². The van der Waals surface area contributed by atoms with E-state index in [1.165, 1.54) is 25.0 Å². The smallest absolute Gasteiger partial charge is 0.241 e. The summed E-state index contributed by atoms with van der Waals surface area (Å²) in [6.07, 6.45) is 3.22. The Morgan fingerprint density at radius 3 is 2.56 bits per heavy atom. The van der Waals surface area contributed by atoms with Crippen molar-refractivity contribution in [2.75, 3.05) is 27.2 Å². The van der Waals surface area contributed by atoms with Gasteiger partial charge in [-0.3, -0.25) is 10.2 Å². The van der Waals surface area contributed by atoms with Crippen LogP contribution >= 0.6 is 0 Å². The molecular weight excluding hydrogens is 326 g/mol. The second-order valence-corrected chi connectivity index (χ2v) is 7.33. The molecule has 1 aromatic carbocycles. The molecular formula is C18H26F2N4O. The van der Waals surface area contributed by atoms with Crippen LogP contribution in [0.1, 0.15) is 24.8 Å². The Balaban J connectivity index is 1.67. The number of hydrogen-bond donors (Lipinski definition) is 2. The third-order valence-corrected chi connectivity index (χ3v) is 4.91. The van der Waals surface area contributed by atoms with Gasteiger partial charge in [0, 0.05) is 25.7 Å². The summed E-state index contributed by atoms with van der Waals surface area (Å²) in [4.78, 5) is 16.7. The maximum absolute atomic E-state index is 13.5. The summed E-state index contributed by atoms with van der Waals surface area (Å²) < 4.78 is 26.6. The fourth-order valence-corrected chi connectivity index (χ4v) is 3.22. The Hall–Kier alpha value is -1.57. The number of rotatable bonds is 7. The molecule has 2 aliphatic rings. The molecule has 0 spiro atoms. The molecule has 25 heavy (non-hydrogen) atoms. The van der Waals surface area contributed by atoms with E-state index >= 15 is 0 Å². The van der Waals surface area contributed by atoms with Crippen molar-refractivity contribution < 1.29 is 13.6 Å². The molecule has 1 saturated heterocycles. The second kappa shape index (κ2) is 7.76. The van der Waals surface area contributed by atoms with E-state index in [-0.39, 0.29) is 18.5 Å². The lowest BCUT2D eigenvalue weighted by molar-refractivity contribution is -0.134. The van der Waals surface area contributed by atoms with Crippen molar-refractivity contribution in [3.63, 3.8) is 0 Å². The van der Waals surface area contributed by atoms with Gasteiger partial charge in [-0.25, -0.2) is 14.2 Å². The third-order valence-electron chi connectivity index (χ3n) is 4.91. The van der Waals surface area contributed by atoms with Crippen molar-refractivity contribution in [1.29, 1.82) is 0 Å². The van der Waals surface area contributed by atoms with E-state index in [0.29, 0.717) is 30.6 Å². The van der Waals surface area contributed by atoms with Crippen LogP contribution in [0, 0.1) is 17.6 Å². The summed E-state index contributed by atoms with van der Waals surface area (Å²) >= 11 is 0. The van der Waals surface area contributed by atoms with Crippen molar-refractivity contribution in [1.82, 2.24) is 20.7 Å². The molecule has 7 heteroatoms. The van der Waals surface area contributed by atoms with Gasteiger partial charge >= 0.3 is 0 Å². The van der Waals surface area contributed by atoms with Gasteiger partial charge in [0.15, 0.2) is 11.6 Å². The number of nitrogens with zero attached hydrogens (tertiary/aromatic N) is 2. The highest BCUT2D eigenvalue weighted by Crippen LogP contribution is 2.35. The summed E-state index contributed by atoms with van der Waals surface area (Å²) in [5.74, 6) is -1.08. The molecule has 3 rings (SSSR count). The Kier molecular flexibility index (Phi) is 5.66. The summed E-state index contributed by atoms with van der Waals surface area (Å²) in [6.45, 7) is 1.52. The molecule has 2 fully saturated rings. The minimum absolute atomic E-state index is 0.00207. The van der Waals surface area contributed by atoms with Gasteiger partial charge in [0.1, 0.15) is 6.04 Å². The SMILES string of the molecule is CN(C)CCN(Cc1ccc(F)c(F)c1)C(=O)C1CC(C2CC2)NN1. The highest BCUT2D eigenvalue weighted by Gasteiger charge is 2.39. The van der Waals surface area contributed by atoms with Crippen molar-refractivity contribution in [3.8, 4) is 0 Å². The van der Waals surface area contributed by atoms with Crippen molar-refractivity contribution in [2.24, 2.45) is 5.92 Å². The zero-order valence-electron chi connectivity index (χ0n) is 14.8. The Bertz CT molecular complexity index is 621. The van der Waals surface area contributed by atoms with Crippen molar-refractivity contribution in [3.05, 3.63) is 35.4 Å². The highest BCUT2D eigenvalue weighted by molar-refractivity contribution is 5.82. The largest absolute Gasteiger partial charge is 0.336 e. The van der Waals surface area contributed by atoms with Gasteiger partial charge in [0.2, 0.25) is 5.91 Å². The molecule has 138 valence electrons. The normalized spacial score (nSPS) is 23.2. The maximum Gasteiger partial charge on any atom is 0.241 e. The number of amides is 1. The molecule has 0 radical (unpaired) electrons. The van der Waals surface area contributed by atoms with Crippen LogP contribution in [0.5, 0.6) is 0 Å². The number of likely N-dealkylation sites (N-methyl/N-ethyl adjacent to an activating group) is 1. The minimum atomic E-state index is -0.882. The monoisotopic (exact) mass is 352 g/mol. The van der Waals surface area contributed by atoms with Gasteiger partial charge in [0.25, 0.3) is 0 Å². The lowest BCUT2D eigenvalue weighted by Crippen LogP contribution is -2.47. The van der Waals surface area contributed by atoms with Gasteiger partial charge in [-0.15, -0.1) is 0 Å². The van der Waals surface area contributed by atoms with Crippen LogP contribution in [0.2, 0.25) is 0 Å². The van der Waals surface area contributed by atoms with Gasteiger partial charge in [0.05, 0.1) is 0 Å². The number of benzene rings is 1. The Morgan fingerprint density at radius 1 is 1.16 bits per heavy atom. The molecule has 1 amide bonds. The van der Waals surface area contributed by atoms with Crippen molar-refractivity contribution >= 4 is 5.91 Å². The zero-order chi connectivity index (χ0) is 18.0. The first-order chi connectivity index (χ1) is 11.9. The Morgan fingerprint density at radius 2 is 1.92 bits per heavy atom. The summed E-state index contributed by atoms with van der Waals surface area (Å²) in [7, 11) is 3.89. The third kappa shape index (κ3) is 4.74. The lowest BCUT2D eigenvalue weighted by atomic mass is 10.0. The van der Waals surface area contributed by atoms with E-state index in [1.54, 1.807) is 4.90 Å². The molecule has 5 nitrogen and oxygen atoms in total. The quantitative estimate of drug-likeness (QED) is 0.781. The van der Waals surface area contributed by atoms with Gasteiger partial charge in [-0.05, 0) is 57.0 Å². The van der Waals surface area contributed by atoms with Crippen LogP contribution in [0.15, 0.2) is 18.2 Å². The van der Waals surface area contributed by atoms with E-state index in [9.17, 15) is 13.6 Å². The standard InChI is InChI=1S/C18H26F2N4O/c1-23(2)7-8-24(11-12-3-6-14(19)15(20)9-12)18(25)17-10-16(21-22-17)13-4-5-13/h3,6,9,13,16-17,21-22H,4-5,7-8,10-11H2,1-2H3.